The number of hydrogen-bond donors (Lipinski definition) is 1. The molecule has 0 spiro atoms. The van der Waals surface area contributed by atoms with Crippen molar-refractivity contribution in [2.75, 3.05) is 19.6 Å². The first-order chi connectivity index (χ1) is 14.8. The van der Waals surface area contributed by atoms with Crippen molar-refractivity contribution in [2.45, 2.75) is 51.3 Å². The fraction of sp³-hybridized carbons (Fsp3) is 0.440. The van der Waals surface area contributed by atoms with Gasteiger partial charge in [0.05, 0.1) is 11.7 Å². The smallest absolute Gasteiger partial charge is 0.393 e. The molecule has 6 heteroatoms. The number of aliphatic hydroxyl groups excluding tert-OH is 1. The molecule has 0 atom stereocenters. The van der Waals surface area contributed by atoms with Crippen molar-refractivity contribution in [1.82, 2.24) is 4.90 Å². The maximum atomic E-state index is 12.9. The third-order valence-electron chi connectivity index (χ3n) is 6.18. The van der Waals surface area contributed by atoms with Gasteiger partial charge in [-0.25, -0.2) is 0 Å². The van der Waals surface area contributed by atoms with Crippen LogP contribution >= 0.6 is 11.3 Å². The van der Waals surface area contributed by atoms with Gasteiger partial charge in [0, 0.05) is 33.6 Å². The Morgan fingerprint density at radius 2 is 1.74 bits per heavy atom. The van der Waals surface area contributed by atoms with Crippen LogP contribution in [0.25, 0.3) is 21.2 Å². The Morgan fingerprint density at radius 3 is 2.42 bits per heavy atom. The number of piperidine rings is 1. The van der Waals surface area contributed by atoms with E-state index in [1.54, 1.807) is 23.5 Å². The minimum Gasteiger partial charge on any atom is -0.393 e. The van der Waals surface area contributed by atoms with Gasteiger partial charge in [0.15, 0.2) is 0 Å². The van der Waals surface area contributed by atoms with Crippen LogP contribution in [0.2, 0.25) is 0 Å². The van der Waals surface area contributed by atoms with Crippen LogP contribution in [0.5, 0.6) is 0 Å². The molecule has 4 rings (SSSR count). The molecule has 31 heavy (non-hydrogen) atoms. The highest BCUT2D eigenvalue weighted by Crippen LogP contribution is 2.40. The lowest BCUT2D eigenvalue weighted by Crippen LogP contribution is -2.36. The predicted octanol–water partition coefficient (Wildman–Crippen LogP) is 6.67. The SMILES string of the molecule is Cc1sc2cc(CCCCN3CCC(O)CC3)ccc2c1-c1ccc(C(F)(F)F)cc1. The van der Waals surface area contributed by atoms with Crippen LogP contribution in [-0.2, 0) is 12.6 Å². The zero-order valence-corrected chi connectivity index (χ0v) is 18.5. The molecule has 1 saturated heterocycles. The topological polar surface area (TPSA) is 23.5 Å². The molecule has 0 saturated carbocycles. The van der Waals surface area contributed by atoms with E-state index in [2.05, 4.69) is 23.1 Å². The first kappa shape index (κ1) is 22.3. The van der Waals surface area contributed by atoms with Crippen molar-refractivity contribution < 1.29 is 18.3 Å². The number of unbranched alkanes of at least 4 members (excludes halogenated alkanes) is 1. The summed E-state index contributed by atoms with van der Waals surface area (Å²) in [5, 5.41) is 10.7. The molecular weight excluding hydrogens is 419 g/mol. The van der Waals surface area contributed by atoms with Gasteiger partial charge in [-0.2, -0.15) is 13.2 Å². The maximum Gasteiger partial charge on any atom is 0.416 e. The summed E-state index contributed by atoms with van der Waals surface area (Å²) in [5.41, 5.74) is 2.56. The number of hydrogen-bond acceptors (Lipinski definition) is 3. The van der Waals surface area contributed by atoms with E-state index < -0.39 is 11.7 Å². The fourth-order valence-corrected chi connectivity index (χ4v) is 5.56. The minimum absolute atomic E-state index is 0.121. The Bertz CT molecular complexity index is 1020. The number of alkyl halides is 3. The van der Waals surface area contributed by atoms with E-state index >= 15 is 0 Å². The number of rotatable bonds is 6. The molecule has 3 aromatic rings. The van der Waals surface area contributed by atoms with Crippen molar-refractivity contribution >= 4 is 21.4 Å². The maximum absolute atomic E-state index is 12.9. The van der Waals surface area contributed by atoms with Crippen LogP contribution in [0.4, 0.5) is 13.2 Å². The Hall–Kier alpha value is -1.89. The average Bonchev–Trinajstić information content (AvgIpc) is 3.07. The monoisotopic (exact) mass is 447 g/mol. The normalized spacial score (nSPS) is 16.3. The number of benzene rings is 2. The number of halogens is 3. The zero-order chi connectivity index (χ0) is 22.0. The zero-order valence-electron chi connectivity index (χ0n) is 17.7. The van der Waals surface area contributed by atoms with Crippen LogP contribution < -0.4 is 0 Å². The molecule has 1 fully saturated rings. The minimum atomic E-state index is -4.31. The van der Waals surface area contributed by atoms with E-state index in [1.165, 1.54) is 10.3 Å². The summed E-state index contributed by atoms with van der Waals surface area (Å²) in [6, 6.07) is 12.0. The van der Waals surface area contributed by atoms with Crippen molar-refractivity contribution in [2.24, 2.45) is 0 Å². The molecule has 2 aromatic carbocycles. The van der Waals surface area contributed by atoms with Crippen LogP contribution in [0.15, 0.2) is 42.5 Å². The Morgan fingerprint density at radius 1 is 1.03 bits per heavy atom. The Kier molecular flexibility index (Phi) is 6.70. The number of aryl methyl sites for hydroxylation is 2. The fourth-order valence-electron chi connectivity index (χ4n) is 4.41. The largest absolute Gasteiger partial charge is 0.416 e. The van der Waals surface area contributed by atoms with E-state index in [1.807, 2.05) is 6.92 Å². The summed E-state index contributed by atoms with van der Waals surface area (Å²) in [4.78, 5) is 3.56. The van der Waals surface area contributed by atoms with E-state index in [9.17, 15) is 18.3 Å². The Balaban J connectivity index is 1.41. The van der Waals surface area contributed by atoms with Gasteiger partial charge < -0.3 is 10.0 Å². The van der Waals surface area contributed by atoms with Crippen molar-refractivity contribution in [1.29, 1.82) is 0 Å². The molecule has 1 aromatic heterocycles. The summed E-state index contributed by atoms with van der Waals surface area (Å²) < 4.78 is 39.8. The quantitative estimate of drug-likeness (QED) is 0.426. The van der Waals surface area contributed by atoms with Crippen LogP contribution in [0.3, 0.4) is 0 Å². The molecule has 0 amide bonds. The number of aliphatic hydroxyl groups is 1. The average molecular weight is 448 g/mol. The highest BCUT2D eigenvalue weighted by atomic mass is 32.1. The molecule has 1 aliphatic heterocycles. The molecular formula is C25H28F3NOS. The molecule has 0 aliphatic carbocycles. The summed E-state index contributed by atoms with van der Waals surface area (Å²) in [5.74, 6) is 0. The van der Waals surface area contributed by atoms with E-state index in [4.69, 9.17) is 0 Å². The third-order valence-corrected chi connectivity index (χ3v) is 7.25. The van der Waals surface area contributed by atoms with E-state index in [0.29, 0.717) is 0 Å². The van der Waals surface area contributed by atoms with Gasteiger partial charge in [0.1, 0.15) is 0 Å². The van der Waals surface area contributed by atoms with Gasteiger partial charge in [0.25, 0.3) is 0 Å². The van der Waals surface area contributed by atoms with Gasteiger partial charge >= 0.3 is 6.18 Å². The van der Waals surface area contributed by atoms with Gasteiger partial charge in [-0.1, -0.05) is 24.3 Å². The van der Waals surface area contributed by atoms with E-state index in [-0.39, 0.29) is 6.10 Å². The summed E-state index contributed by atoms with van der Waals surface area (Å²) in [6.07, 6.45) is 0.637. The Labute approximate surface area is 185 Å². The summed E-state index contributed by atoms with van der Waals surface area (Å²) in [6.45, 7) is 5.11. The number of fused-ring (bicyclic) bond motifs is 1. The second-order valence-corrected chi connectivity index (χ2v) is 9.73. The van der Waals surface area contributed by atoms with Crippen molar-refractivity contribution in [3.63, 3.8) is 0 Å². The molecule has 1 N–H and O–H groups in total. The van der Waals surface area contributed by atoms with Gasteiger partial charge in [-0.15, -0.1) is 11.3 Å². The molecule has 0 bridgehead atoms. The number of thiophene rings is 1. The first-order valence-corrected chi connectivity index (χ1v) is 11.7. The van der Waals surface area contributed by atoms with Crippen LogP contribution in [-0.4, -0.2) is 35.7 Å². The molecule has 2 nitrogen and oxygen atoms in total. The lowest BCUT2D eigenvalue weighted by Gasteiger charge is -2.29. The van der Waals surface area contributed by atoms with Crippen molar-refractivity contribution in [3.8, 4) is 11.1 Å². The molecule has 166 valence electrons. The summed E-state index contributed by atoms with van der Waals surface area (Å²) >= 11 is 1.71. The van der Waals surface area contributed by atoms with Crippen LogP contribution in [0, 0.1) is 6.92 Å². The summed E-state index contributed by atoms with van der Waals surface area (Å²) in [7, 11) is 0. The van der Waals surface area contributed by atoms with Gasteiger partial charge in [0.2, 0.25) is 0 Å². The highest BCUT2D eigenvalue weighted by molar-refractivity contribution is 7.19. The van der Waals surface area contributed by atoms with Gasteiger partial charge in [-0.3, -0.25) is 0 Å². The number of nitrogens with zero attached hydrogens (tertiary/aromatic N) is 1. The number of likely N-dealkylation sites (tertiary alicyclic amines) is 1. The van der Waals surface area contributed by atoms with Gasteiger partial charge in [-0.05, 0) is 74.9 Å². The standard InChI is InChI=1S/C25H28F3NOS/c1-17-24(19-6-8-20(9-7-19)25(26,27)28)22-10-5-18(16-23(22)31-17)4-2-3-13-29-14-11-21(30)12-15-29/h5-10,16,21,30H,2-4,11-15H2,1H3. The highest BCUT2D eigenvalue weighted by Gasteiger charge is 2.30. The second kappa shape index (κ2) is 9.31. The van der Waals surface area contributed by atoms with E-state index in [0.717, 1.165) is 85.3 Å². The van der Waals surface area contributed by atoms with Crippen molar-refractivity contribution in [3.05, 3.63) is 58.5 Å². The lowest BCUT2D eigenvalue weighted by atomic mass is 9.99. The third kappa shape index (κ3) is 5.30. The predicted molar refractivity (Wildman–Crippen MR) is 122 cm³/mol. The lowest BCUT2D eigenvalue weighted by molar-refractivity contribution is -0.137. The molecule has 0 radical (unpaired) electrons. The first-order valence-electron chi connectivity index (χ1n) is 10.9. The molecule has 2 heterocycles. The molecule has 0 unspecified atom stereocenters. The second-order valence-electron chi connectivity index (χ2n) is 8.47. The van der Waals surface area contributed by atoms with Crippen LogP contribution in [0.1, 0.15) is 41.7 Å². The molecule has 1 aliphatic rings.